The van der Waals surface area contributed by atoms with Crippen molar-refractivity contribution in [3.8, 4) is 5.75 Å². The Morgan fingerprint density at radius 2 is 1.13 bits per heavy atom. The van der Waals surface area contributed by atoms with Crippen LogP contribution in [-0.4, -0.2) is 194 Å². The highest BCUT2D eigenvalue weighted by Crippen LogP contribution is 2.22. The molecule has 0 spiro atoms. The topological polar surface area (TPSA) is 530 Å². The van der Waals surface area contributed by atoms with Gasteiger partial charge in [0.25, 0.3) is 0 Å². The zero-order valence-corrected chi connectivity index (χ0v) is 46.6. The molecule has 31 nitrogen and oxygen atoms in total. The molecule has 0 radical (unpaired) electrons. The normalized spacial score (nSPS) is 15.8. The van der Waals surface area contributed by atoms with Gasteiger partial charge >= 0.3 is 11.9 Å². The summed E-state index contributed by atoms with van der Waals surface area (Å²) in [6.45, 7) is 1.89. The highest BCUT2D eigenvalue weighted by Gasteiger charge is 2.39. The second-order valence-electron chi connectivity index (χ2n) is 20.5. The number of guanidine groups is 2. The summed E-state index contributed by atoms with van der Waals surface area (Å²) < 4.78 is 0. The Morgan fingerprint density at radius 1 is 0.643 bits per heavy atom. The molecule has 1 fully saturated rings. The number of aromatic nitrogens is 1. The van der Waals surface area contributed by atoms with Crippen molar-refractivity contribution in [1.29, 1.82) is 0 Å². The number of aliphatic hydroxyl groups is 2. The Balaban J connectivity index is 1.61. The van der Waals surface area contributed by atoms with Gasteiger partial charge in [-0.05, 0) is 80.2 Å². The van der Waals surface area contributed by atoms with E-state index in [2.05, 4.69) is 52.2 Å². The van der Waals surface area contributed by atoms with Crippen molar-refractivity contribution in [2.24, 2.45) is 44.6 Å². The zero-order chi connectivity index (χ0) is 62.2. The summed E-state index contributed by atoms with van der Waals surface area (Å²) in [5.74, 6) is -11.7. The molecule has 1 aliphatic heterocycles. The number of amides is 8. The van der Waals surface area contributed by atoms with Crippen molar-refractivity contribution in [3.63, 3.8) is 0 Å². The minimum atomic E-state index is -2.01. The smallest absolute Gasteiger partial charge is 0.326 e. The lowest BCUT2D eigenvalue weighted by atomic mass is 10.0. The number of aromatic amines is 1. The Hall–Kier alpha value is -9.10. The molecule has 1 saturated heterocycles. The summed E-state index contributed by atoms with van der Waals surface area (Å²) in [5, 5.41) is 68.0. The number of carbonyl (C=O) groups is 10. The molecule has 9 unspecified atom stereocenters. The summed E-state index contributed by atoms with van der Waals surface area (Å²) in [7, 11) is 0. The largest absolute Gasteiger partial charge is 0.508 e. The van der Waals surface area contributed by atoms with Crippen molar-refractivity contribution in [2.45, 2.75) is 132 Å². The van der Waals surface area contributed by atoms with Gasteiger partial charge in [0.2, 0.25) is 47.3 Å². The maximum Gasteiger partial charge on any atom is 0.326 e. The number of hydrogen-bond acceptors (Lipinski definition) is 16. The van der Waals surface area contributed by atoms with E-state index in [-0.39, 0.29) is 88.2 Å². The molecule has 23 N–H and O–H groups in total. The summed E-state index contributed by atoms with van der Waals surface area (Å²) in [4.78, 5) is 148. The summed E-state index contributed by atoms with van der Waals surface area (Å²) >= 11 is 0. The van der Waals surface area contributed by atoms with E-state index in [1.54, 1.807) is 24.3 Å². The third kappa shape index (κ3) is 21.3. The average molecular weight is 1180 g/mol. The molecule has 1 aromatic heterocycles. The number of benzene rings is 2. The molecule has 1 aliphatic rings. The minimum Gasteiger partial charge on any atom is -0.508 e. The number of aliphatic carboxylic acids is 2. The minimum absolute atomic E-state index is 0.0316. The first kappa shape index (κ1) is 67.4. The number of nitrogens with zero attached hydrogens (tertiary/aromatic N) is 3. The number of H-pyrrole nitrogens is 1. The molecule has 2 heterocycles. The van der Waals surface area contributed by atoms with Gasteiger partial charge in [-0.1, -0.05) is 44.2 Å². The van der Waals surface area contributed by atoms with Gasteiger partial charge in [0.15, 0.2) is 11.9 Å². The number of rotatable bonds is 34. The molecular formula is C53H78N16O15. The molecule has 0 aliphatic carbocycles. The first-order chi connectivity index (χ1) is 39.8. The maximum atomic E-state index is 14.5. The fraction of sp³-hybridized carbons (Fsp3) is 0.509. The Kier molecular flexibility index (Phi) is 26.6. The van der Waals surface area contributed by atoms with E-state index in [0.717, 1.165) is 0 Å². The summed E-state index contributed by atoms with van der Waals surface area (Å²) in [6.07, 6.45) is 0.551. The van der Waals surface area contributed by atoms with E-state index in [1.165, 1.54) is 35.4 Å². The van der Waals surface area contributed by atoms with Crippen LogP contribution in [0.2, 0.25) is 0 Å². The van der Waals surface area contributed by atoms with Crippen LogP contribution in [0.3, 0.4) is 0 Å². The van der Waals surface area contributed by atoms with Gasteiger partial charge in [0.1, 0.15) is 54.1 Å². The summed E-state index contributed by atoms with van der Waals surface area (Å²) in [5.41, 5.74) is 29.1. The van der Waals surface area contributed by atoms with Crippen LogP contribution in [0.1, 0.15) is 76.3 Å². The van der Waals surface area contributed by atoms with Crippen LogP contribution in [0.5, 0.6) is 5.75 Å². The van der Waals surface area contributed by atoms with Crippen LogP contribution in [0.25, 0.3) is 10.9 Å². The van der Waals surface area contributed by atoms with E-state index >= 15 is 0 Å². The number of nitrogens with one attached hydrogen (secondary N) is 8. The highest BCUT2D eigenvalue weighted by atomic mass is 16.4. The van der Waals surface area contributed by atoms with Crippen LogP contribution in [0.15, 0.2) is 64.7 Å². The molecule has 31 heteroatoms. The molecule has 9 atom stereocenters. The van der Waals surface area contributed by atoms with Crippen molar-refractivity contribution >= 4 is 82.0 Å². The average Bonchev–Trinajstić information content (AvgIpc) is 4.12. The monoisotopic (exact) mass is 1180 g/mol. The number of fused-ring (bicyclic) bond motifs is 1. The van der Waals surface area contributed by atoms with Gasteiger partial charge < -0.3 is 101 Å². The molecule has 3 aromatic rings. The van der Waals surface area contributed by atoms with E-state index in [0.29, 0.717) is 34.9 Å². The van der Waals surface area contributed by atoms with Gasteiger partial charge in [-0.25, -0.2) is 4.79 Å². The third-order valence-electron chi connectivity index (χ3n) is 13.4. The van der Waals surface area contributed by atoms with Gasteiger partial charge in [-0.15, -0.1) is 0 Å². The quantitative estimate of drug-likeness (QED) is 0.0151. The van der Waals surface area contributed by atoms with Crippen molar-refractivity contribution in [2.75, 3.05) is 32.8 Å². The highest BCUT2D eigenvalue weighted by molar-refractivity contribution is 5.99. The molecule has 0 bridgehead atoms. The van der Waals surface area contributed by atoms with E-state index in [9.17, 15) is 73.5 Å². The number of carboxylic acid groups (broad SMARTS) is 2. The fourth-order valence-electron chi connectivity index (χ4n) is 9.14. The first-order valence-electron chi connectivity index (χ1n) is 27.1. The van der Waals surface area contributed by atoms with Gasteiger partial charge in [-0.2, -0.15) is 0 Å². The molecule has 0 saturated carbocycles. The molecular weight excluding hydrogens is 1100 g/mol. The number of nitrogens with two attached hydrogens (primary N) is 5. The molecule has 460 valence electrons. The number of aromatic hydroxyl groups is 1. The predicted octanol–water partition coefficient (Wildman–Crippen LogP) is -4.93. The summed E-state index contributed by atoms with van der Waals surface area (Å²) in [6, 6.07) is -1.72. The predicted molar refractivity (Wildman–Crippen MR) is 303 cm³/mol. The van der Waals surface area contributed by atoms with Crippen LogP contribution >= 0.6 is 0 Å². The molecule has 8 amide bonds. The number of para-hydroxylation sites is 1. The third-order valence-corrected chi connectivity index (χ3v) is 13.4. The SMILES string of the molecule is CC(C)CC(N)C(=O)N1CCCC1C(=O)NC(CO)C(=O)NC(CO)C(=O)NC(Cc1c[nH]c2ccccc12)C(=O)NC(CC(=O)O)C(=O)NC(Cc1ccc(O)cc1)C(=O)NC(CCCN=C(N)N)C(=O)NC(CCCN=C(N)N)C(=O)O. The number of aliphatic imine (C=N–C) groups is 2. The Morgan fingerprint density at radius 3 is 1.69 bits per heavy atom. The van der Waals surface area contributed by atoms with Crippen LogP contribution in [-0.2, 0) is 60.8 Å². The Bertz CT molecular complexity index is 2840. The van der Waals surface area contributed by atoms with E-state index in [4.69, 9.17) is 28.7 Å². The number of phenols is 1. The molecule has 2 aromatic carbocycles. The number of carboxylic acids is 2. The fourth-order valence-corrected chi connectivity index (χ4v) is 9.14. The lowest BCUT2D eigenvalue weighted by Crippen LogP contribution is -2.61. The van der Waals surface area contributed by atoms with E-state index < -0.39 is 133 Å². The van der Waals surface area contributed by atoms with Gasteiger partial charge in [0, 0.05) is 49.6 Å². The van der Waals surface area contributed by atoms with Crippen molar-refractivity contribution in [3.05, 3.63) is 65.9 Å². The molecule has 84 heavy (non-hydrogen) atoms. The second kappa shape index (κ2) is 33.1. The van der Waals surface area contributed by atoms with Crippen LogP contribution < -0.4 is 65.9 Å². The number of carbonyl (C=O) groups excluding carboxylic acids is 8. The van der Waals surface area contributed by atoms with Crippen molar-refractivity contribution in [1.82, 2.24) is 47.1 Å². The Labute approximate surface area is 482 Å². The number of phenolic OH excluding ortho intramolecular Hbond substituents is 1. The van der Waals surface area contributed by atoms with E-state index in [1.807, 2.05) is 13.8 Å². The lowest BCUT2D eigenvalue weighted by molar-refractivity contribution is -0.142. The molecule has 4 rings (SSSR count). The van der Waals surface area contributed by atoms with Gasteiger partial charge in [0.05, 0.1) is 25.7 Å². The van der Waals surface area contributed by atoms with Crippen LogP contribution in [0.4, 0.5) is 0 Å². The number of hydrogen-bond donors (Lipinski definition) is 18. The van der Waals surface area contributed by atoms with Gasteiger partial charge in [-0.3, -0.25) is 53.1 Å². The lowest BCUT2D eigenvalue weighted by Gasteiger charge is -2.29. The first-order valence-corrected chi connectivity index (χ1v) is 27.1. The number of aliphatic hydroxyl groups excluding tert-OH is 2. The standard InChI is InChI=1S/C53H78N16O15/c1-27(2)20-32(54)50(82)69-19-7-12-41(69)49(81)68-40(26-71)48(80)67-39(25-70)47(79)65-37(22-29-24-61-33-9-4-3-8-31(29)33)45(77)66-38(23-42(73)74)46(78)64-36(21-28-13-15-30(72)16-14-28)44(76)62-34(10-5-17-59-52(55)56)43(75)63-35(51(83)84)11-6-18-60-53(57)58/h3-4,8-9,13-16,24,27,32,34-41,61,70-72H,5-7,10-12,17-23,25-26,54H2,1-2H3,(H,62,76)(H,63,75)(H,64,78)(H,65,79)(H,66,77)(H,67,80)(H,68,81)(H,73,74)(H,83,84)(H4,55,56,59)(H4,57,58,60). The second-order valence-corrected chi connectivity index (χ2v) is 20.5. The zero-order valence-electron chi connectivity index (χ0n) is 46.6. The number of likely N-dealkylation sites (tertiary alicyclic amines) is 1. The van der Waals surface area contributed by atoms with Crippen LogP contribution in [0, 0.1) is 5.92 Å². The maximum absolute atomic E-state index is 14.5. The van der Waals surface area contributed by atoms with Crippen molar-refractivity contribution < 1.29 is 73.5 Å².